The number of aliphatic carboxylic acids is 2. The number of carboxylic acids is 2. The number of pyridine rings is 1. The number of carbonyl (C=O) groups excluding carboxylic acids is 6. The highest BCUT2D eigenvalue weighted by molar-refractivity contribution is 8.00. The second-order valence-electron chi connectivity index (χ2n) is 12.8. The molecule has 0 aliphatic carbocycles. The van der Waals surface area contributed by atoms with Gasteiger partial charge in [-0.2, -0.15) is 0 Å². The number of carbonyl (C=O) groups is 7. The van der Waals surface area contributed by atoms with Gasteiger partial charge in [0.15, 0.2) is 18.9 Å². The van der Waals surface area contributed by atoms with Gasteiger partial charge in [-0.25, -0.2) is 9.36 Å². The molecule has 0 bridgehead atoms. The zero-order valence-corrected chi connectivity index (χ0v) is 32.1. The molecule has 2 aromatic heterocycles. The second-order valence-corrected chi connectivity index (χ2v) is 16.1. The number of hydrogen-bond acceptors (Lipinski definition) is 13. The average molecular weight is 821 g/mol. The normalized spacial score (nSPS) is 21.6. The van der Waals surface area contributed by atoms with Crippen LogP contribution in [0.3, 0.4) is 0 Å². The van der Waals surface area contributed by atoms with Crippen molar-refractivity contribution in [1.82, 2.24) is 20.4 Å². The Kier molecular flexibility index (Phi) is 12.6. The molecular weight excluding hydrogens is 785 g/mol. The molecule has 0 spiro atoms. The molecule has 19 heteroatoms. The molecule has 0 saturated carbocycles. The van der Waals surface area contributed by atoms with Crippen molar-refractivity contribution < 1.29 is 53.1 Å². The van der Waals surface area contributed by atoms with E-state index in [0.29, 0.717) is 29.0 Å². The fraction of sp³-hybridized carbons (Fsp3) is 0.297. The first-order chi connectivity index (χ1) is 26.8. The van der Waals surface area contributed by atoms with Crippen LogP contribution in [0, 0.1) is 0 Å². The van der Waals surface area contributed by atoms with Gasteiger partial charge in [-0.1, -0.05) is 42.5 Å². The maximum Gasteiger partial charge on any atom is 0.352 e. The first-order valence-corrected chi connectivity index (χ1v) is 20.1. The van der Waals surface area contributed by atoms with E-state index >= 15 is 0 Å². The lowest BCUT2D eigenvalue weighted by atomic mass is 10.0. The van der Waals surface area contributed by atoms with Gasteiger partial charge >= 0.3 is 11.9 Å². The lowest BCUT2D eigenvalue weighted by Gasteiger charge is -2.50. The molecule has 5 atom stereocenters. The number of rotatable bonds is 12. The number of carboxylic acid groups (broad SMARTS) is 2. The lowest BCUT2D eigenvalue weighted by Crippen LogP contribution is -2.71. The van der Waals surface area contributed by atoms with Crippen LogP contribution in [-0.4, -0.2) is 97.4 Å². The Balaban J connectivity index is 0.000000190. The number of aromatic nitrogens is 1. The lowest BCUT2D eigenvalue weighted by molar-refractivity contribution is -0.689. The van der Waals surface area contributed by atoms with Crippen molar-refractivity contribution in [3.8, 4) is 0 Å². The van der Waals surface area contributed by atoms with E-state index in [4.69, 9.17) is 10.5 Å². The highest BCUT2D eigenvalue weighted by atomic mass is 32.2. The molecule has 2 saturated heterocycles. The molecule has 0 radical (unpaired) electrons. The predicted molar refractivity (Wildman–Crippen MR) is 201 cm³/mol. The van der Waals surface area contributed by atoms with Gasteiger partial charge in [0, 0.05) is 46.6 Å². The zero-order chi connectivity index (χ0) is 40.1. The number of thioether (sulfide) groups is 2. The molecule has 292 valence electrons. The number of nitrogens with one attached hydrogen (secondary N) is 2. The number of benzene rings is 1. The summed E-state index contributed by atoms with van der Waals surface area (Å²) >= 11 is 4.22. The number of fused-ring (bicyclic) bond motifs is 2. The van der Waals surface area contributed by atoms with Crippen LogP contribution in [-0.2, 0) is 51.3 Å². The molecule has 56 heavy (non-hydrogen) atoms. The largest absolute Gasteiger partial charge is 0.543 e. The Morgan fingerprint density at radius 1 is 0.893 bits per heavy atom. The summed E-state index contributed by atoms with van der Waals surface area (Å²) in [5.74, 6) is -4.19. The zero-order valence-electron chi connectivity index (χ0n) is 29.7. The van der Waals surface area contributed by atoms with E-state index in [1.54, 1.807) is 30.3 Å². The van der Waals surface area contributed by atoms with Crippen molar-refractivity contribution in [3.05, 3.63) is 111 Å². The molecule has 0 unspecified atom stereocenters. The van der Waals surface area contributed by atoms with E-state index in [0.717, 1.165) is 9.78 Å². The summed E-state index contributed by atoms with van der Waals surface area (Å²) in [6, 6.07) is 15.5. The molecule has 16 nitrogen and oxygen atoms in total. The Hall–Kier alpha value is -5.50. The number of nitrogens with zero attached hydrogens (tertiary/aromatic N) is 3. The molecule has 1 aromatic carbocycles. The minimum Gasteiger partial charge on any atom is -0.543 e. The van der Waals surface area contributed by atoms with Crippen molar-refractivity contribution >= 4 is 76.4 Å². The number of thiophene rings is 1. The maximum atomic E-state index is 12.6. The van der Waals surface area contributed by atoms with Gasteiger partial charge in [0.05, 0.1) is 18.1 Å². The maximum absolute atomic E-state index is 12.6. The summed E-state index contributed by atoms with van der Waals surface area (Å²) < 4.78 is 6.73. The van der Waals surface area contributed by atoms with Gasteiger partial charge in [-0.15, -0.1) is 34.9 Å². The van der Waals surface area contributed by atoms with E-state index in [9.17, 15) is 43.8 Å². The van der Waals surface area contributed by atoms with Gasteiger partial charge in [-0.3, -0.25) is 33.8 Å². The highest BCUT2D eigenvalue weighted by Gasteiger charge is 2.55. The van der Waals surface area contributed by atoms with Crippen molar-refractivity contribution in [2.45, 2.75) is 48.8 Å². The van der Waals surface area contributed by atoms with Crippen LogP contribution < -0.4 is 26.0 Å². The molecule has 5 N–H and O–H groups in total. The summed E-state index contributed by atoms with van der Waals surface area (Å²) in [5.41, 5.74) is 7.23. The first kappa shape index (κ1) is 40.2. The summed E-state index contributed by atoms with van der Waals surface area (Å²) in [6.07, 6.45) is 3.88. The predicted octanol–water partition coefficient (Wildman–Crippen LogP) is -0.330. The fourth-order valence-electron chi connectivity index (χ4n) is 6.39. The number of hydrogen-bond donors (Lipinski definition) is 4. The SMILES string of the molecule is CC(=O)OCC1=C(C(=O)O)N2C(=O)[C@@H](NC(=O)[C@H](N)c3ccccc3)[C@H]2SC1.O=C(Cc1cccs1)N[C@@H]1C(=O)N2C(C(=O)[O-])=C(C[n+]3ccccc3)CS[C@H]12. The summed E-state index contributed by atoms with van der Waals surface area (Å²) in [7, 11) is 0. The number of ether oxygens (including phenoxy) is 1. The third-order valence-corrected chi connectivity index (χ3v) is 12.6. The van der Waals surface area contributed by atoms with Gasteiger partial charge < -0.3 is 36.1 Å². The van der Waals surface area contributed by atoms with E-state index < -0.39 is 64.5 Å². The van der Waals surface area contributed by atoms with Crippen LogP contribution in [0.1, 0.15) is 23.4 Å². The molecular formula is C37H36N6O10S3. The molecule has 7 rings (SSSR count). The molecule has 2 fully saturated rings. The fourth-order valence-corrected chi connectivity index (χ4v) is 9.75. The standard InChI is InChI=1S/C19H17N3O4S2.C18H19N3O6S/c23-14(9-13-5-4-8-27-13)20-15-17(24)22-16(19(25)26)12(11-28-18(15)22)10-21-6-2-1-3-7-21;1-9(22)27-7-11-8-28-17-13(16(24)21(17)14(11)18(25)26)20-15(23)12(19)10-5-3-2-4-6-10/h1-8,15,18H,9-11H2,(H-,20,23,25,26);2-6,12-13,17H,7-8,19H2,1H3,(H,20,23)(H,25,26)/t15-,18-;12-,13-,17-/m11/s1. The first-order valence-electron chi connectivity index (χ1n) is 17.1. The Morgan fingerprint density at radius 3 is 2.09 bits per heavy atom. The van der Waals surface area contributed by atoms with Gasteiger partial charge in [0.1, 0.15) is 41.2 Å². The molecule has 4 aliphatic heterocycles. The smallest absolute Gasteiger partial charge is 0.352 e. The van der Waals surface area contributed by atoms with Gasteiger partial charge in [-0.05, 0) is 17.0 Å². The van der Waals surface area contributed by atoms with Crippen LogP contribution in [0.4, 0.5) is 0 Å². The third-order valence-electron chi connectivity index (χ3n) is 9.06. The minimum atomic E-state index is -1.37. The van der Waals surface area contributed by atoms with Crippen LogP contribution in [0.25, 0.3) is 0 Å². The van der Waals surface area contributed by atoms with Crippen LogP contribution in [0.15, 0.2) is 101 Å². The Bertz CT molecular complexity index is 2100. The summed E-state index contributed by atoms with van der Waals surface area (Å²) in [5, 5.41) is 27.5. The number of β-lactam (4-membered cyclic amide) rings is 2. The summed E-state index contributed by atoms with van der Waals surface area (Å²) in [6.45, 7) is 1.38. The topological polar surface area (TPSA) is 232 Å². The highest BCUT2D eigenvalue weighted by Crippen LogP contribution is 2.41. The van der Waals surface area contributed by atoms with E-state index in [-0.39, 0.29) is 36.1 Å². The monoisotopic (exact) mass is 820 g/mol. The van der Waals surface area contributed by atoms with Crippen LogP contribution in [0.5, 0.6) is 0 Å². The average Bonchev–Trinajstić information content (AvgIpc) is 3.71. The Labute approximate surface area is 332 Å². The van der Waals surface area contributed by atoms with Crippen LogP contribution in [0.2, 0.25) is 0 Å². The van der Waals surface area contributed by atoms with E-state index in [1.807, 2.05) is 52.7 Å². The van der Waals surface area contributed by atoms with E-state index in [1.165, 1.54) is 46.7 Å². The number of nitrogens with two attached hydrogens (primary N) is 1. The molecule has 6 heterocycles. The number of esters is 1. The van der Waals surface area contributed by atoms with Crippen molar-refractivity contribution in [2.75, 3.05) is 18.1 Å². The van der Waals surface area contributed by atoms with Crippen molar-refractivity contribution in [1.29, 1.82) is 0 Å². The third kappa shape index (κ3) is 8.65. The van der Waals surface area contributed by atoms with Crippen LogP contribution >= 0.6 is 34.9 Å². The Morgan fingerprint density at radius 2 is 1.50 bits per heavy atom. The quantitative estimate of drug-likeness (QED) is 0.104. The van der Waals surface area contributed by atoms with Gasteiger partial charge in [0.2, 0.25) is 11.8 Å². The van der Waals surface area contributed by atoms with Gasteiger partial charge in [0.25, 0.3) is 11.8 Å². The number of amides is 4. The van der Waals surface area contributed by atoms with E-state index in [2.05, 4.69) is 10.6 Å². The molecule has 3 aromatic rings. The summed E-state index contributed by atoms with van der Waals surface area (Å²) in [4.78, 5) is 87.5. The molecule has 4 amide bonds. The second kappa shape index (κ2) is 17.5. The molecule has 4 aliphatic rings. The van der Waals surface area contributed by atoms with Crippen molar-refractivity contribution in [2.24, 2.45) is 5.73 Å². The van der Waals surface area contributed by atoms with Crippen molar-refractivity contribution in [3.63, 3.8) is 0 Å². The minimum absolute atomic E-state index is 0.0751.